The Balaban J connectivity index is 0.000000276. The van der Waals surface area contributed by atoms with Crippen molar-refractivity contribution < 1.29 is 21.5 Å². The standard InChI is InChI=1S/C13H10N3O.C5H5.Fe/c14-13-15-10(9-4-1-2-5-9)8-11(16-13)12-6-3-7-17-12;1-2-4-5-3-1;/h1-8H,(H2,14,15,16);1-5H;/q;;+2. The maximum atomic E-state index is 5.71. The van der Waals surface area contributed by atoms with E-state index in [0.29, 0.717) is 11.5 Å². The normalized spacial score (nSPS) is 17.4. The third-order valence-electron chi connectivity index (χ3n) is 3.03. The van der Waals surface area contributed by atoms with Gasteiger partial charge in [0.15, 0.2) is 5.76 Å². The molecule has 2 N–H and O–H groups in total. The predicted molar refractivity (Wildman–Crippen MR) is 85.2 cm³/mol. The van der Waals surface area contributed by atoms with Crippen LogP contribution in [0, 0.1) is 63.7 Å². The van der Waals surface area contributed by atoms with Gasteiger partial charge in [-0.25, -0.2) is 9.97 Å². The second kappa shape index (κ2) is 9.09. The molecular weight excluding hydrogens is 330 g/mol. The van der Waals surface area contributed by atoms with Crippen LogP contribution in [0.15, 0.2) is 28.9 Å². The van der Waals surface area contributed by atoms with Crippen LogP contribution < -0.4 is 5.73 Å². The van der Waals surface area contributed by atoms with Crippen molar-refractivity contribution in [3.05, 3.63) is 93.9 Å². The summed E-state index contributed by atoms with van der Waals surface area (Å²) in [4.78, 5) is 8.37. The molecule has 4 rings (SSSR count). The number of nitrogen functional groups attached to an aromatic ring is 1. The van der Waals surface area contributed by atoms with Gasteiger partial charge < -0.3 is 10.2 Å². The average molecular weight is 345 g/mol. The summed E-state index contributed by atoms with van der Waals surface area (Å²) in [7, 11) is 0. The van der Waals surface area contributed by atoms with Crippen molar-refractivity contribution in [2.75, 3.05) is 5.73 Å². The number of nitrogens with two attached hydrogens (primary N) is 1. The number of furan rings is 1. The van der Waals surface area contributed by atoms with Gasteiger partial charge in [0.05, 0.1) is 12.0 Å². The molecule has 2 fully saturated rings. The fourth-order valence-corrected chi connectivity index (χ4v) is 2.03. The Morgan fingerprint density at radius 3 is 2.00 bits per heavy atom. The van der Waals surface area contributed by atoms with Gasteiger partial charge in [-0.2, -0.15) is 0 Å². The topological polar surface area (TPSA) is 64.9 Å². The molecule has 4 nitrogen and oxygen atoms in total. The van der Waals surface area contributed by atoms with E-state index in [1.54, 1.807) is 6.26 Å². The monoisotopic (exact) mass is 345 g/mol. The molecule has 0 atom stereocenters. The van der Waals surface area contributed by atoms with Crippen molar-refractivity contribution in [1.82, 2.24) is 9.97 Å². The largest absolute Gasteiger partial charge is 2.00 e. The smallest absolute Gasteiger partial charge is 0.463 e. The van der Waals surface area contributed by atoms with E-state index in [0.717, 1.165) is 11.6 Å². The number of hydrogen-bond acceptors (Lipinski definition) is 4. The van der Waals surface area contributed by atoms with E-state index in [1.807, 2.05) is 76.0 Å². The molecule has 0 spiro atoms. The Morgan fingerprint density at radius 1 is 0.826 bits per heavy atom. The Hall–Kier alpha value is -1.32. The van der Waals surface area contributed by atoms with Gasteiger partial charge in [-0.3, -0.25) is 0 Å². The van der Waals surface area contributed by atoms with Gasteiger partial charge in [0.25, 0.3) is 0 Å². The van der Waals surface area contributed by atoms with Crippen LogP contribution in [0.2, 0.25) is 0 Å². The van der Waals surface area contributed by atoms with Crippen LogP contribution in [0.4, 0.5) is 5.95 Å². The van der Waals surface area contributed by atoms with Crippen molar-refractivity contribution in [3.8, 4) is 11.5 Å². The first-order valence-electron chi connectivity index (χ1n) is 6.90. The molecule has 2 aliphatic rings. The molecule has 23 heavy (non-hydrogen) atoms. The van der Waals surface area contributed by atoms with Crippen LogP contribution in [-0.2, 0) is 17.1 Å². The maximum absolute atomic E-state index is 5.71. The summed E-state index contributed by atoms with van der Waals surface area (Å²) in [5, 5.41) is 0. The minimum atomic E-state index is 0. The zero-order valence-electron chi connectivity index (χ0n) is 12.2. The van der Waals surface area contributed by atoms with Gasteiger partial charge in [0.1, 0.15) is 5.69 Å². The fourth-order valence-electron chi connectivity index (χ4n) is 2.03. The number of aromatic nitrogens is 2. The van der Waals surface area contributed by atoms with E-state index >= 15 is 0 Å². The molecule has 10 radical (unpaired) electrons. The molecule has 0 saturated heterocycles. The molecule has 5 heteroatoms. The fraction of sp³-hybridized carbons (Fsp3) is 0. The summed E-state index contributed by atoms with van der Waals surface area (Å²) < 4.78 is 5.30. The molecule has 0 bridgehead atoms. The summed E-state index contributed by atoms with van der Waals surface area (Å²) in [6.45, 7) is 0. The second-order valence-electron chi connectivity index (χ2n) is 4.61. The summed E-state index contributed by atoms with van der Waals surface area (Å²) in [5.41, 5.74) is 7.20. The van der Waals surface area contributed by atoms with Crippen LogP contribution in [0.3, 0.4) is 0 Å². The zero-order chi connectivity index (χ0) is 15.2. The van der Waals surface area contributed by atoms with E-state index in [1.165, 1.54) is 0 Å². The van der Waals surface area contributed by atoms with Gasteiger partial charge in [-0.1, -0.05) is 0 Å². The molecule has 0 aliphatic heterocycles. The molecule has 0 aromatic carbocycles. The summed E-state index contributed by atoms with van der Waals surface area (Å²) in [6, 6.07) is 5.52. The van der Waals surface area contributed by atoms with Crippen molar-refractivity contribution in [3.63, 3.8) is 0 Å². The first-order chi connectivity index (χ1) is 10.8. The molecule has 2 heterocycles. The number of anilines is 1. The minimum Gasteiger partial charge on any atom is -0.463 e. The van der Waals surface area contributed by atoms with Crippen molar-refractivity contribution >= 4 is 5.95 Å². The number of nitrogens with zero attached hydrogens (tertiary/aromatic N) is 2. The molecule has 114 valence electrons. The van der Waals surface area contributed by atoms with Crippen LogP contribution in [0.1, 0.15) is 5.69 Å². The summed E-state index contributed by atoms with van der Waals surface area (Å²) in [5.74, 6) is 1.95. The Bertz CT molecular complexity index is 568. The zero-order valence-corrected chi connectivity index (χ0v) is 13.3. The Labute approximate surface area is 148 Å². The molecular formula is C18H15FeN3O+2. The summed E-state index contributed by atoms with van der Waals surface area (Å²) in [6.07, 6.45) is 19.5. The minimum absolute atomic E-state index is 0. The van der Waals surface area contributed by atoms with E-state index in [-0.39, 0.29) is 23.0 Å². The third kappa shape index (κ3) is 5.08. The first kappa shape index (κ1) is 18.0. The average Bonchev–Trinajstić information content (AvgIpc) is 3.31. The van der Waals surface area contributed by atoms with Gasteiger partial charge in [0.2, 0.25) is 5.95 Å². The van der Waals surface area contributed by atoms with Gasteiger partial charge in [-0.05, 0) is 76.0 Å². The van der Waals surface area contributed by atoms with Crippen molar-refractivity contribution in [2.24, 2.45) is 0 Å². The van der Waals surface area contributed by atoms with Gasteiger partial charge in [0, 0.05) is 5.92 Å². The van der Waals surface area contributed by atoms with Crippen molar-refractivity contribution in [2.45, 2.75) is 0 Å². The van der Waals surface area contributed by atoms with Gasteiger partial charge >= 0.3 is 17.1 Å². The van der Waals surface area contributed by atoms with Crippen LogP contribution >= 0.6 is 0 Å². The van der Waals surface area contributed by atoms with Crippen molar-refractivity contribution in [1.29, 1.82) is 0 Å². The van der Waals surface area contributed by atoms with E-state index in [2.05, 4.69) is 9.97 Å². The molecule has 2 aromatic rings. The third-order valence-corrected chi connectivity index (χ3v) is 3.03. The van der Waals surface area contributed by atoms with Gasteiger partial charge in [-0.15, -0.1) is 0 Å². The van der Waals surface area contributed by atoms with E-state index < -0.39 is 0 Å². The van der Waals surface area contributed by atoms with Crippen LogP contribution in [0.25, 0.3) is 11.5 Å². The number of rotatable bonds is 2. The Morgan fingerprint density at radius 2 is 1.43 bits per heavy atom. The molecule has 2 saturated carbocycles. The first-order valence-corrected chi connectivity index (χ1v) is 6.90. The molecule has 2 aromatic heterocycles. The summed E-state index contributed by atoms with van der Waals surface area (Å²) >= 11 is 0. The quantitative estimate of drug-likeness (QED) is 0.850. The van der Waals surface area contributed by atoms with E-state index in [9.17, 15) is 0 Å². The molecule has 0 unspecified atom stereocenters. The Kier molecular flexibility index (Phi) is 7.13. The van der Waals surface area contributed by atoms with Crippen LogP contribution in [0.5, 0.6) is 0 Å². The second-order valence-corrected chi connectivity index (χ2v) is 4.61. The molecule has 0 amide bonds. The molecule has 2 aliphatic carbocycles. The maximum Gasteiger partial charge on any atom is 2.00 e. The van der Waals surface area contributed by atoms with E-state index in [4.69, 9.17) is 10.2 Å². The number of hydrogen-bond donors (Lipinski definition) is 1. The SMILES string of the molecule is Nc1nc([C]2[CH][CH][CH][CH]2)cc(-c2ccco2)n1.[CH]1[CH][CH][CH][CH]1.[Fe+2]. The predicted octanol–water partition coefficient (Wildman–Crippen LogP) is 3.09. The van der Waals surface area contributed by atoms with Crippen LogP contribution in [-0.4, -0.2) is 9.97 Å².